The summed E-state index contributed by atoms with van der Waals surface area (Å²) in [6.07, 6.45) is 5.70. The second kappa shape index (κ2) is 7.14. The Hall–Kier alpha value is -1.55. The topological polar surface area (TPSA) is 41.6 Å². The summed E-state index contributed by atoms with van der Waals surface area (Å²) >= 11 is 0. The Kier molecular flexibility index (Phi) is 5.14. The molecule has 0 spiro atoms. The molecule has 1 amide bonds. The summed E-state index contributed by atoms with van der Waals surface area (Å²) in [5.41, 5.74) is 2.50. The number of nitrogens with zero attached hydrogens (tertiary/aromatic N) is 1. The summed E-state index contributed by atoms with van der Waals surface area (Å²) < 4.78 is 5.50. The lowest BCUT2D eigenvalue weighted by Gasteiger charge is -2.26. The van der Waals surface area contributed by atoms with Crippen LogP contribution in [-0.2, 0) is 11.2 Å². The molecule has 2 unspecified atom stereocenters. The third-order valence-corrected chi connectivity index (χ3v) is 4.90. The third kappa shape index (κ3) is 4.29. The molecule has 4 nitrogen and oxygen atoms in total. The summed E-state index contributed by atoms with van der Waals surface area (Å²) in [7, 11) is 0. The van der Waals surface area contributed by atoms with Gasteiger partial charge in [-0.05, 0) is 57.6 Å². The van der Waals surface area contributed by atoms with E-state index in [0.29, 0.717) is 12.1 Å². The number of likely N-dealkylation sites (tertiary alicyclic amines) is 1. The highest BCUT2D eigenvalue weighted by Gasteiger charge is 2.31. The van der Waals surface area contributed by atoms with Gasteiger partial charge in [-0.1, -0.05) is 30.7 Å². The molecule has 0 bridgehead atoms. The third-order valence-electron chi connectivity index (χ3n) is 4.90. The van der Waals surface area contributed by atoms with Crippen LogP contribution in [0.3, 0.4) is 0 Å². The highest BCUT2D eigenvalue weighted by atomic mass is 16.6. The fourth-order valence-electron chi connectivity index (χ4n) is 3.77. The molecule has 1 heterocycles. The van der Waals surface area contributed by atoms with Gasteiger partial charge in [0.25, 0.3) is 0 Å². The monoisotopic (exact) mass is 330 g/mol. The van der Waals surface area contributed by atoms with Gasteiger partial charge in [-0.25, -0.2) is 4.79 Å². The summed E-state index contributed by atoms with van der Waals surface area (Å²) in [6.45, 7) is 7.27. The van der Waals surface area contributed by atoms with Gasteiger partial charge in [-0.2, -0.15) is 0 Å². The number of amides is 1. The Labute approximate surface area is 145 Å². The second-order valence-electron chi connectivity index (χ2n) is 8.08. The molecule has 0 radical (unpaired) electrons. The van der Waals surface area contributed by atoms with Crippen molar-refractivity contribution in [2.24, 2.45) is 0 Å². The first-order chi connectivity index (χ1) is 11.4. The van der Waals surface area contributed by atoms with E-state index >= 15 is 0 Å². The molecule has 1 fully saturated rings. The zero-order chi connectivity index (χ0) is 17.2. The van der Waals surface area contributed by atoms with Gasteiger partial charge in [-0.15, -0.1) is 0 Å². The molecule has 2 aliphatic rings. The van der Waals surface area contributed by atoms with E-state index in [9.17, 15) is 4.79 Å². The number of ether oxygens (including phenoxy) is 1. The van der Waals surface area contributed by atoms with Gasteiger partial charge in [0, 0.05) is 25.2 Å². The van der Waals surface area contributed by atoms with Gasteiger partial charge >= 0.3 is 6.09 Å². The smallest absolute Gasteiger partial charge is 0.410 e. The maximum Gasteiger partial charge on any atom is 0.410 e. The van der Waals surface area contributed by atoms with Gasteiger partial charge in [0.05, 0.1) is 0 Å². The van der Waals surface area contributed by atoms with E-state index in [4.69, 9.17) is 4.74 Å². The lowest BCUT2D eigenvalue weighted by Crippen LogP contribution is -2.39. The van der Waals surface area contributed by atoms with Crippen molar-refractivity contribution in [3.05, 3.63) is 35.4 Å². The molecule has 1 aromatic rings. The molecular weight excluding hydrogens is 300 g/mol. The zero-order valence-electron chi connectivity index (χ0n) is 15.2. The summed E-state index contributed by atoms with van der Waals surface area (Å²) in [4.78, 5) is 14.1. The van der Waals surface area contributed by atoms with Crippen molar-refractivity contribution in [2.45, 2.75) is 70.6 Å². The Balaban J connectivity index is 1.60. The Morgan fingerprint density at radius 2 is 2.00 bits per heavy atom. The number of carbonyl (C=O) groups excluding carboxylic acids is 1. The molecule has 24 heavy (non-hydrogen) atoms. The molecule has 1 saturated heterocycles. The van der Waals surface area contributed by atoms with E-state index in [-0.39, 0.29) is 6.09 Å². The van der Waals surface area contributed by atoms with Crippen LogP contribution in [-0.4, -0.2) is 35.7 Å². The number of hydrogen-bond donors (Lipinski definition) is 1. The SMILES string of the molecule is CC(C)(C)OC(=O)N1CCC(NC2CCCCc3ccccc32)C1. The Bertz CT molecular complexity index is 579. The highest BCUT2D eigenvalue weighted by Crippen LogP contribution is 2.30. The Morgan fingerprint density at radius 3 is 2.79 bits per heavy atom. The standard InChI is InChI=1S/C20H30N2O2/c1-20(2,3)24-19(23)22-13-12-16(14-22)21-18-11-7-5-9-15-8-4-6-10-17(15)18/h4,6,8,10,16,18,21H,5,7,9,11-14H2,1-3H3. The molecule has 0 saturated carbocycles. The van der Waals surface area contributed by atoms with Crippen LogP contribution in [0.4, 0.5) is 4.79 Å². The van der Waals surface area contributed by atoms with E-state index in [0.717, 1.165) is 19.5 Å². The molecule has 1 aliphatic heterocycles. The predicted octanol–water partition coefficient (Wildman–Crippen LogP) is 4.05. The second-order valence-corrected chi connectivity index (χ2v) is 8.08. The first-order valence-electron chi connectivity index (χ1n) is 9.24. The predicted molar refractivity (Wildman–Crippen MR) is 96.1 cm³/mol. The van der Waals surface area contributed by atoms with Gasteiger partial charge in [0.1, 0.15) is 5.60 Å². The average Bonchev–Trinajstić information content (AvgIpc) is 2.88. The summed E-state index contributed by atoms with van der Waals surface area (Å²) in [5, 5.41) is 3.81. The van der Waals surface area contributed by atoms with Crippen molar-refractivity contribution in [3.8, 4) is 0 Å². The van der Waals surface area contributed by atoms with Crippen LogP contribution in [0.15, 0.2) is 24.3 Å². The number of benzene rings is 1. The van der Waals surface area contributed by atoms with Crippen LogP contribution in [0.25, 0.3) is 0 Å². The Morgan fingerprint density at radius 1 is 1.21 bits per heavy atom. The lowest BCUT2D eigenvalue weighted by molar-refractivity contribution is 0.0290. The number of aryl methyl sites for hydroxylation is 1. The van der Waals surface area contributed by atoms with Gasteiger partial charge in [0.2, 0.25) is 0 Å². The summed E-state index contributed by atoms with van der Waals surface area (Å²) in [6, 6.07) is 9.57. The normalized spacial score (nSPS) is 24.4. The van der Waals surface area contributed by atoms with E-state index in [2.05, 4.69) is 29.6 Å². The van der Waals surface area contributed by atoms with Gasteiger partial charge in [-0.3, -0.25) is 0 Å². The number of nitrogens with one attached hydrogen (secondary N) is 1. The first-order valence-corrected chi connectivity index (χ1v) is 9.24. The number of hydrogen-bond acceptors (Lipinski definition) is 3. The van der Waals surface area contributed by atoms with Crippen molar-refractivity contribution in [2.75, 3.05) is 13.1 Å². The van der Waals surface area contributed by atoms with Crippen LogP contribution >= 0.6 is 0 Å². The molecule has 0 aromatic heterocycles. The fourth-order valence-corrected chi connectivity index (χ4v) is 3.77. The van der Waals surface area contributed by atoms with Crippen LogP contribution in [0, 0.1) is 0 Å². The van der Waals surface area contributed by atoms with E-state index in [1.54, 1.807) is 0 Å². The molecule has 1 N–H and O–H groups in total. The molecule has 4 heteroatoms. The molecule has 132 valence electrons. The molecule has 2 atom stereocenters. The van der Waals surface area contributed by atoms with Gasteiger partial charge in [0.15, 0.2) is 0 Å². The van der Waals surface area contributed by atoms with E-state index in [1.807, 2.05) is 25.7 Å². The quantitative estimate of drug-likeness (QED) is 0.832. The molecule has 1 aromatic carbocycles. The van der Waals surface area contributed by atoms with Gasteiger partial charge < -0.3 is 15.0 Å². The first kappa shape index (κ1) is 17.3. The van der Waals surface area contributed by atoms with Crippen LogP contribution in [0.2, 0.25) is 0 Å². The van der Waals surface area contributed by atoms with Crippen molar-refractivity contribution in [1.29, 1.82) is 0 Å². The molecule has 1 aliphatic carbocycles. The lowest BCUT2D eigenvalue weighted by atomic mass is 9.98. The summed E-state index contributed by atoms with van der Waals surface area (Å²) in [5.74, 6) is 0. The maximum atomic E-state index is 12.2. The van der Waals surface area contributed by atoms with Crippen LogP contribution < -0.4 is 5.32 Å². The van der Waals surface area contributed by atoms with Crippen molar-refractivity contribution < 1.29 is 9.53 Å². The van der Waals surface area contributed by atoms with Crippen LogP contribution in [0.5, 0.6) is 0 Å². The minimum atomic E-state index is -0.428. The van der Waals surface area contributed by atoms with E-state index < -0.39 is 5.60 Å². The minimum Gasteiger partial charge on any atom is -0.444 e. The minimum absolute atomic E-state index is 0.187. The largest absolute Gasteiger partial charge is 0.444 e. The zero-order valence-corrected chi connectivity index (χ0v) is 15.2. The number of carbonyl (C=O) groups is 1. The number of fused-ring (bicyclic) bond motifs is 1. The van der Waals surface area contributed by atoms with Crippen molar-refractivity contribution >= 4 is 6.09 Å². The number of rotatable bonds is 2. The van der Waals surface area contributed by atoms with Crippen molar-refractivity contribution in [1.82, 2.24) is 10.2 Å². The van der Waals surface area contributed by atoms with E-state index in [1.165, 1.54) is 36.8 Å². The van der Waals surface area contributed by atoms with Crippen LogP contribution in [0.1, 0.15) is 63.6 Å². The molecular formula is C20H30N2O2. The highest BCUT2D eigenvalue weighted by molar-refractivity contribution is 5.68. The average molecular weight is 330 g/mol. The fraction of sp³-hybridized carbons (Fsp3) is 0.650. The maximum absolute atomic E-state index is 12.2. The van der Waals surface area contributed by atoms with Crippen molar-refractivity contribution in [3.63, 3.8) is 0 Å². The molecule has 3 rings (SSSR count).